The SMILES string of the molecule is CCS(=O)CCC(C)(C)CCC(=O)OC. The van der Waals surface area contributed by atoms with E-state index in [0.717, 1.165) is 18.6 Å². The van der Waals surface area contributed by atoms with Crippen LogP contribution in [0.25, 0.3) is 0 Å². The van der Waals surface area contributed by atoms with E-state index in [-0.39, 0.29) is 11.4 Å². The summed E-state index contributed by atoms with van der Waals surface area (Å²) in [7, 11) is 0.699. The molecule has 4 heteroatoms. The summed E-state index contributed by atoms with van der Waals surface area (Å²) in [5, 5.41) is 0. The summed E-state index contributed by atoms with van der Waals surface area (Å²) in [6.07, 6.45) is 2.13. The lowest BCUT2D eigenvalue weighted by molar-refractivity contribution is -0.141. The summed E-state index contributed by atoms with van der Waals surface area (Å²) in [5.41, 5.74) is 0.0685. The first-order valence-electron chi connectivity index (χ1n) is 5.33. The molecule has 0 spiro atoms. The number of esters is 1. The van der Waals surface area contributed by atoms with Gasteiger partial charge in [-0.2, -0.15) is 0 Å². The second-order valence-corrected chi connectivity index (χ2v) is 6.29. The quantitative estimate of drug-likeness (QED) is 0.634. The average molecular weight is 234 g/mol. The molecule has 0 heterocycles. The van der Waals surface area contributed by atoms with Gasteiger partial charge in [-0.1, -0.05) is 20.8 Å². The van der Waals surface area contributed by atoms with E-state index in [2.05, 4.69) is 18.6 Å². The van der Waals surface area contributed by atoms with Crippen LogP contribution in [0.5, 0.6) is 0 Å². The van der Waals surface area contributed by atoms with Crippen molar-refractivity contribution in [3.8, 4) is 0 Å². The Morgan fingerprint density at radius 3 is 2.40 bits per heavy atom. The van der Waals surface area contributed by atoms with Crippen LogP contribution in [0.2, 0.25) is 0 Å². The third-order valence-corrected chi connectivity index (χ3v) is 3.87. The summed E-state index contributed by atoms with van der Waals surface area (Å²) in [4.78, 5) is 11.0. The zero-order valence-corrected chi connectivity index (χ0v) is 11.0. The van der Waals surface area contributed by atoms with Crippen molar-refractivity contribution in [3.05, 3.63) is 0 Å². The molecule has 0 aliphatic heterocycles. The van der Waals surface area contributed by atoms with E-state index in [9.17, 15) is 9.00 Å². The highest BCUT2D eigenvalue weighted by Crippen LogP contribution is 2.27. The van der Waals surface area contributed by atoms with Crippen LogP contribution in [-0.4, -0.2) is 28.8 Å². The molecule has 0 aliphatic carbocycles. The van der Waals surface area contributed by atoms with Gasteiger partial charge in [0.1, 0.15) is 0 Å². The molecule has 0 saturated heterocycles. The second kappa shape index (κ2) is 6.99. The number of methoxy groups -OCH3 is 1. The third-order valence-electron chi connectivity index (χ3n) is 2.56. The van der Waals surface area contributed by atoms with E-state index in [1.807, 2.05) is 6.92 Å². The zero-order valence-electron chi connectivity index (χ0n) is 10.2. The van der Waals surface area contributed by atoms with Gasteiger partial charge in [-0.3, -0.25) is 9.00 Å². The molecule has 90 valence electrons. The molecule has 0 saturated carbocycles. The molecule has 0 amide bonds. The average Bonchev–Trinajstić information content (AvgIpc) is 2.22. The molecular formula is C11H22O3S. The standard InChI is InChI=1S/C11H22O3S/c1-5-15(13)9-8-11(2,3)7-6-10(12)14-4/h5-9H2,1-4H3. The molecule has 0 N–H and O–H groups in total. The Balaban J connectivity index is 3.86. The lowest BCUT2D eigenvalue weighted by Crippen LogP contribution is -2.18. The van der Waals surface area contributed by atoms with Gasteiger partial charge in [-0.25, -0.2) is 0 Å². The molecule has 3 nitrogen and oxygen atoms in total. The molecule has 1 unspecified atom stereocenters. The van der Waals surface area contributed by atoms with Crippen molar-refractivity contribution in [3.63, 3.8) is 0 Å². The van der Waals surface area contributed by atoms with Gasteiger partial charge in [0.15, 0.2) is 0 Å². The predicted octanol–water partition coefficient (Wildman–Crippen LogP) is 2.12. The lowest BCUT2D eigenvalue weighted by atomic mass is 9.85. The van der Waals surface area contributed by atoms with Gasteiger partial charge in [0.2, 0.25) is 0 Å². The molecule has 0 rings (SSSR count). The Hall–Kier alpha value is -0.380. The van der Waals surface area contributed by atoms with E-state index in [0.29, 0.717) is 12.2 Å². The number of rotatable bonds is 7. The van der Waals surface area contributed by atoms with E-state index in [4.69, 9.17) is 0 Å². The maximum atomic E-state index is 11.3. The first kappa shape index (κ1) is 14.6. The fraction of sp³-hybridized carbons (Fsp3) is 0.909. The van der Waals surface area contributed by atoms with E-state index < -0.39 is 10.8 Å². The highest BCUT2D eigenvalue weighted by atomic mass is 32.2. The van der Waals surface area contributed by atoms with Gasteiger partial charge in [0.05, 0.1) is 7.11 Å². The van der Waals surface area contributed by atoms with Crippen molar-refractivity contribution in [1.82, 2.24) is 0 Å². The van der Waals surface area contributed by atoms with E-state index in [1.54, 1.807) is 0 Å². The summed E-state index contributed by atoms with van der Waals surface area (Å²) in [5.74, 6) is 1.28. The van der Waals surface area contributed by atoms with Crippen molar-refractivity contribution in [2.24, 2.45) is 5.41 Å². The normalized spacial score (nSPS) is 13.6. The van der Waals surface area contributed by atoms with Crippen LogP contribution >= 0.6 is 0 Å². The number of hydrogen-bond donors (Lipinski definition) is 0. The molecule has 0 bridgehead atoms. The Morgan fingerprint density at radius 2 is 1.93 bits per heavy atom. The largest absolute Gasteiger partial charge is 0.469 e. The first-order valence-corrected chi connectivity index (χ1v) is 6.82. The Morgan fingerprint density at radius 1 is 1.33 bits per heavy atom. The second-order valence-electron chi connectivity index (χ2n) is 4.42. The van der Waals surface area contributed by atoms with Gasteiger partial charge >= 0.3 is 5.97 Å². The number of hydrogen-bond acceptors (Lipinski definition) is 3. The summed E-state index contributed by atoms with van der Waals surface area (Å²) in [6.45, 7) is 6.13. The van der Waals surface area contributed by atoms with Crippen molar-refractivity contribution in [1.29, 1.82) is 0 Å². The molecule has 15 heavy (non-hydrogen) atoms. The van der Waals surface area contributed by atoms with Crippen molar-refractivity contribution in [2.45, 2.75) is 40.0 Å². The van der Waals surface area contributed by atoms with E-state index >= 15 is 0 Å². The number of carbonyl (C=O) groups excluding carboxylic acids is 1. The minimum atomic E-state index is -0.706. The topological polar surface area (TPSA) is 43.4 Å². The molecule has 0 fully saturated rings. The fourth-order valence-corrected chi connectivity index (χ4v) is 2.27. The van der Waals surface area contributed by atoms with Crippen LogP contribution < -0.4 is 0 Å². The van der Waals surface area contributed by atoms with Gasteiger partial charge in [-0.05, 0) is 18.3 Å². The van der Waals surface area contributed by atoms with Gasteiger partial charge in [0.25, 0.3) is 0 Å². The monoisotopic (exact) mass is 234 g/mol. The zero-order chi connectivity index (χ0) is 11.9. The van der Waals surface area contributed by atoms with Gasteiger partial charge < -0.3 is 4.74 Å². The molecule has 1 atom stereocenters. The molecular weight excluding hydrogens is 212 g/mol. The Labute approximate surface area is 95.0 Å². The molecule has 0 aliphatic rings. The summed E-state index contributed by atoms with van der Waals surface area (Å²) < 4.78 is 15.9. The third kappa shape index (κ3) is 7.54. The first-order chi connectivity index (χ1) is 6.91. The van der Waals surface area contributed by atoms with Crippen LogP contribution in [0.15, 0.2) is 0 Å². The van der Waals surface area contributed by atoms with Crippen LogP contribution in [0.4, 0.5) is 0 Å². The molecule has 0 radical (unpaired) electrons. The Kier molecular flexibility index (Phi) is 6.81. The number of ether oxygens (including phenoxy) is 1. The summed E-state index contributed by atoms with van der Waals surface area (Å²) in [6, 6.07) is 0. The highest BCUT2D eigenvalue weighted by Gasteiger charge is 2.20. The molecule has 0 aromatic carbocycles. The molecule has 0 aromatic heterocycles. The van der Waals surface area contributed by atoms with E-state index in [1.165, 1.54) is 7.11 Å². The van der Waals surface area contributed by atoms with Crippen LogP contribution in [0.3, 0.4) is 0 Å². The van der Waals surface area contributed by atoms with Gasteiger partial charge in [-0.15, -0.1) is 0 Å². The maximum Gasteiger partial charge on any atom is 0.305 e. The van der Waals surface area contributed by atoms with Crippen molar-refractivity contribution < 1.29 is 13.7 Å². The summed E-state index contributed by atoms with van der Waals surface area (Å²) >= 11 is 0. The van der Waals surface area contributed by atoms with Crippen LogP contribution in [-0.2, 0) is 20.3 Å². The van der Waals surface area contributed by atoms with Gasteiger partial charge in [0, 0.05) is 28.7 Å². The van der Waals surface area contributed by atoms with Crippen LogP contribution in [0, 0.1) is 5.41 Å². The fourth-order valence-electron chi connectivity index (χ4n) is 1.20. The lowest BCUT2D eigenvalue weighted by Gasteiger charge is -2.23. The smallest absolute Gasteiger partial charge is 0.305 e. The minimum absolute atomic E-state index is 0.0685. The maximum absolute atomic E-state index is 11.3. The highest BCUT2D eigenvalue weighted by molar-refractivity contribution is 7.84. The predicted molar refractivity (Wildman–Crippen MR) is 63.2 cm³/mol. The van der Waals surface area contributed by atoms with Crippen molar-refractivity contribution in [2.75, 3.05) is 18.6 Å². The Bertz CT molecular complexity index is 202. The van der Waals surface area contributed by atoms with Crippen LogP contribution in [0.1, 0.15) is 40.0 Å². The molecule has 0 aromatic rings. The van der Waals surface area contributed by atoms with Crippen molar-refractivity contribution >= 4 is 16.8 Å². The minimum Gasteiger partial charge on any atom is -0.469 e. The number of carbonyl (C=O) groups is 1.